The quantitative estimate of drug-likeness (QED) is 0.333. The van der Waals surface area contributed by atoms with E-state index in [2.05, 4.69) is 5.32 Å². The molecule has 4 rings (SSSR count). The van der Waals surface area contributed by atoms with Crippen LogP contribution in [0.5, 0.6) is 5.75 Å². The van der Waals surface area contributed by atoms with Crippen molar-refractivity contribution in [3.05, 3.63) is 93.9 Å². The molecule has 0 atom stereocenters. The summed E-state index contributed by atoms with van der Waals surface area (Å²) in [6, 6.07) is 21.7. The van der Waals surface area contributed by atoms with E-state index in [-0.39, 0.29) is 18.4 Å². The Hall–Kier alpha value is -3.13. The average molecular weight is 495 g/mol. The molecule has 1 heterocycles. The second-order valence-electron chi connectivity index (χ2n) is 7.27. The summed E-state index contributed by atoms with van der Waals surface area (Å²) >= 11 is 12.5. The molecular weight excluding hydrogens is 476 g/mol. The van der Waals surface area contributed by atoms with Crippen LogP contribution in [0.15, 0.2) is 77.7 Å². The van der Waals surface area contributed by atoms with Gasteiger partial charge >= 0.3 is 0 Å². The zero-order chi connectivity index (χ0) is 23.4. The first-order valence-corrected chi connectivity index (χ1v) is 11.6. The van der Waals surface area contributed by atoms with Gasteiger partial charge in [-0.05, 0) is 67.1 Å². The van der Waals surface area contributed by atoms with Crippen LogP contribution in [0.2, 0.25) is 5.02 Å². The lowest BCUT2D eigenvalue weighted by Crippen LogP contribution is -2.27. The summed E-state index contributed by atoms with van der Waals surface area (Å²) in [5.41, 5.74) is 3.35. The van der Waals surface area contributed by atoms with E-state index in [1.807, 2.05) is 43.3 Å². The molecular formula is C25H19ClN2O3S2. The van der Waals surface area contributed by atoms with Gasteiger partial charge in [0.1, 0.15) is 5.75 Å². The number of hydrogen-bond donors (Lipinski definition) is 1. The molecule has 0 unspecified atom stereocenters. The molecule has 2 amide bonds. The summed E-state index contributed by atoms with van der Waals surface area (Å²) in [6.45, 7) is 1.87. The third-order valence-electron chi connectivity index (χ3n) is 4.76. The molecule has 5 nitrogen and oxygen atoms in total. The molecule has 1 N–H and O–H groups in total. The van der Waals surface area contributed by atoms with Gasteiger partial charge in [0.05, 0.1) is 10.6 Å². The number of halogens is 1. The van der Waals surface area contributed by atoms with Crippen LogP contribution in [0.1, 0.15) is 11.1 Å². The van der Waals surface area contributed by atoms with Gasteiger partial charge in [0.15, 0.2) is 10.9 Å². The smallest absolute Gasteiger partial charge is 0.270 e. The van der Waals surface area contributed by atoms with Crippen molar-refractivity contribution in [3.63, 3.8) is 0 Å². The first-order valence-electron chi connectivity index (χ1n) is 10.0. The number of hydrogen-bond acceptors (Lipinski definition) is 5. The molecule has 3 aromatic carbocycles. The van der Waals surface area contributed by atoms with Crippen LogP contribution in [0.3, 0.4) is 0 Å². The lowest BCUT2D eigenvalue weighted by molar-refractivity contribution is -0.118. The summed E-state index contributed by atoms with van der Waals surface area (Å²) in [5.74, 6) is 0.125. The number of nitrogens with one attached hydrogen (secondary N) is 1. The Morgan fingerprint density at radius 1 is 1.06 bits per heavy atom. The van der Waals surface area contributed by atoms with E-state index < -0.39 is 0 Å². The SMILES string of the molecule is Cc1ccc(N2C(=O)/C(=C/c3ccc(OCC(=O)Nc4ccc(Cl)cc4)cc3)SC2=S)cc1. The van der Waals surface area contributed by atoms with Gasteiger partial charge in [-0.25, -0.2) is 0 Å². The van der Waals surface area contributed by atoms with Gasteiger partial charge in [-0.3, -0.25) is 14.5 Å². The number of rotatable bonds is 6. The van der Waals surface area contributed by atoms with E-state index >= 15 is 0 Å². The molecule has 1 fully saturated rings. The molecule has 166 valence electrons. The van der Waals surface area contributed by atoms with Crippen LogP contribution in [0, 0.1) is 6.92 Å². The number of carbonyl (C=O) groups excluding carboxylic acids is 2. The lowest BCUT2D eigenvalue weighted by atomic mass is 10.2. The molecule has 0 bridgehead atoms. The minimum Gasteiger partial charge on any atom is -0.484 e. The fraction of sp³-hybridized carbons (Fsp3) is 0.0800. The van der Waals surface area contributed by atoms with E-state index in [0.29, 0.717) is 25.7 Å². The summed E-state index contributed by atoms with van der Waals surface area (Å²) in [6.07, 6.45) is 1.80. The number of thiocarbonyl (C=S) groups is 1. The Balaban J connectivity index is 1.36. The molecule has 0 saturated carbocycles. The number of benzene rings is 3. The normalized spacial score (nSPS) is 14.6. The second kappa shape index (κ2) is 10.2. The van der Waals surface area contributed by atoms with Crippen molar-refractivity contribution in [3.8, 4) is 5.75 Å². The van der Waals surface area contributed by atoms with Crippen LogP contribution < -0.4 is 15.0 Å². The highest BCUT2D eigenvalue weighted by molar-refractivity contribution is 8.27. The van der Waals surface area contributed by atoms with E-state index in [1.165, 1.54) is 11.8 Å². The van der Waals surface area contributed by atoms with Gasteiger partial charge in [0.2, 0.25) is 0 Å². The summed E-state index contributed by atoms with van der Waals surface area (Å²) < 4.78 is 6.05. The van der Waals surface area contributed by atoms with Gasteiger partial charge in [-0.1, -0.05) is 65.4 Å². The van der Waals surface area contributed by atoms with Gasteiger partial charge in [0, 0.05) is 10.7 Å². The summed E-state index contributed by atoms with van der Waals surface area (Å²) in [4.78, 5) is 27.1. The number of anilines is 2. The molecule has 0 aromatic heterocycles. The molecule has 8 heteroatoms. The Morgan fingerprint density at radius 2 is 1.73 bits per heavy atom. The highest BCUT2D eigenvalue weighted by atomic mass is 35.5. The number of aryl methyl sites for hydroxylation is 1. The van der Waals surface area contributed by atoms with Crippen molar-refractivity contribution < 1.29 is 14.3 Å². The molecule has 33 heavy (non-hydrogen) atoms. The second-order valence-corrected chi connectivity index (χ2v) is 9.38. The van der Waals surface area contributed by atoms with E-state index in [9.17, 15) is 9.59 Å². The number of carbonyl (C=O) groups is 2. The standard InChI is InChI=1S/C25H19ClN2O3S2/c1-16-2-10-20(11-3-16)28-24(30)22(33-25(28)32)14-17-4-12-21(13-5-17)31-15-23(29)27-19-8-6-18(26)7-9-19/h2-14H,15H2,1H3,(H,27,29)/b22-14-. The zero-order valence-corrected chi connectivity index (χ0v) is 20.0. The largest absolute Gasteiger partial charge is 0.484 e. The van der Waals surface area contributed by atoms with Crippen LogP contribution in [-0.4, -0.2) is 22.7 Å². The summed E-state index contributed by atoms with van der Waals surface area (Å²) in [7, 11) is 0. The number of amides is 2. The van der Waals surface area contributed by atoms with Crippen molar-refractivity contribution in [2.45, 2.75) is 6.92 Å². The first-order chi connectivity index (χ1) is 15.9. The fourth-order valence-electron chi connectivity index (χ4n) is 3.07. The maximum Gasteiger partial charge on any atom is 0.270 e. The number of thioether (sulfide) groups is 1. The molecule has 0 aliphatic carbocycles. The Kier molecular flexibility index (Phi) is 7.13. The molecule has 0 spiro atoms. The van der Waals surface area contributed by atoms with Crippen molar-refractivity contribution in [2.24, 2.45) is 0 Å². The Labute approximate surface area is 206 Å². The number of nitrogens with zero attached hydrogens (tertiary/aromatic N) is 1. The third kappa shape index (κ3) is 5.82. The summed E-state index contributed by atoms with van der Waals surface area (Å²) in [5, 5.41) is 3.34. The van der Waals surface area contributed by atoms with E-state index in [1.54, 1.807) is 47.4 Å². The van der Waals surface area contributed by atoms with Crippen LogP contribution in [-0.2, 0) is 9.59 Å². The topological polar surface area (TPSA) is 58.6 Å². The molecule has 0 radical (unpaired) electrons. The van der Waals surface area contributed by atoms with Crippen molar-refractivity contribution in [2.75, 3.05) is 16.8 Å². The van der Waals surface area contributed by atoms with Gasteiger partial charge in [-0.2, -0.15) is 0 Å². The Bertz CT molecular complexity index is 1220. The molecule has 1 aliphatic heterocycles. The van der Waals surface area contributed by atoms with Crippen LogP contribution in [0.25, 0.3) is 6.08 Å². The van der Waals surface area contributed by atoms with Crippen molar-refractivity contribution >= 4 is 69.2 Å². The highest BCUT2D eigenvalue weighted by Crippen LogP contribution is 2.36. The first kappa shape index (κ1) is 23.0. The number of ether oxygens (including phenoxy) is 1. The predicted molar refractivity (Wildman–Crippen MR) is 139 cm³/mol. The van der Waals surface area contributed by atoms with E-state index in [0.717, 1.165) is 16.8 Å². The maximum atomic E-state index is 12.9. The predicted octanol–water partition coefficient (Wildman–Crippen LogP) is 6.07. The van der Waals surface area contributed by atoms with E-state index in [4.69, 9.17) is 28.6 Å². The molecule has 1 aliphatic rings. The van der Waals surface area contributed by atoms with Gasteiger partial charge in [0.25, 0.3) is 11.8 Å². The monoisotopic (exact) mass is 494 g/mol. The maximum absolute atomic E-state index is 12.9. The third-order valence-corrected chi connectivity index (χ3v) is 6.32. The molecule has 3 aromatic rings. The minimum absolute atomic E-state index is 0.128. The minimum atomic E-state index is -0.277. The highest BCUT2D eigenvalue weighted by Gasteiger charge is 2.33. The van der Waals surface area contributed by atoms with Crippen molar-refractivity contribution in [1.82, 2.24) is 0 Å². The Morgan fingerprint density at radius 3 is 2.39 bits per heavy atom. The van der Waals surface area contributed by atoms with Gasteiger partial charge < -0.3 is 10.1 Å². The van der Waals surface area contributed by atoms with Crippen LogP contribution in [0.4, 0.5) is 11.4 Å². The van der Waals surface area contributed by atoms with Crippen LogP contribution >= 0.6 is 35.6 Å². The average Bonchev–Trinajstić information content (AvgIpc) is 3.08. The van der Waals surface area contributed by atoms with Crippen molar-refractivity contribution in [1.29, 1.82) is 0 Å². The lowest BCUT2D eigenvalue weighted by Gasteiger charge is -2.14. The van der Waals surface area contributed by atoms with Gasteiger partial charge in [-0.15, -0.1) is 0 Å². The zero-order valence-electron chi connectivity index (χ0n) is 17.6. The fourth-order valence-corrected chi connectivity index (χ4v) is 4.50. The molecule has 1 saturated heterocycles.